The van der Waals surface area contributed by atoms with Crippen molar-refractivity contribution in [3.05, 3.63) is 29.3 Å². The average Bonchev–Trinajstić information content (AvgIpc) is 2.88. The summed E-state index contributed by atoms with van der Waals surface area (Å²) >= 11 is 1.58. The maximum Gasteiger partial charge on any atom is 0.248 e. The number of rotatable bonds is 7. The molecular formula is C15H19N3O3S. The van der Waals surface area contributed by atoms with Gasteiger partial charge < -0.3 is 15.0 Å². The highest BCUT2D eigenvalue weighted by Crippen LogP contribution is 2.22. The third-order valence-electron chi connectivity index (χ3n) is 2.98. The zero-order valence-corrected chi connectivity index (χ0v) is 13.5. The van der Waals surface area contributed by atoms with Crippen molar-refractivity contribution in [2.75, 3.05) is 26.8 Å². The van der Waals surface area contributed by atoms with Crippen LogP contribution in [0.2, 0.25) is 0 Å². The van der Waals surface area contributed by atoms with Crippen molar-refractivity contribution in [1.29, 1.82) is 0 Å². The van der Waals surface area contributed by atoms with Crippen molar-refractivity contribution in [2.24, 2.45) is 0 Å². The van der Waals surface area contributed by atoms with E-state index >= 15 is 0 Å². The van der Waals surface area contributed by atoms with Crippen molar-refractivity contribution < 1.29 is 14.3 Å². The Morgan fingerprint density at radius 2 is 2.14 bits per heavy atom. The Morgan fingerprint density at radius 3 is 2.86 bits per heavy atom. The molecule has 1 N–H and O–H groups in total. The number of amides is 2. The molecule has 0 aliphatic carbocycles. The van der Waals surface area contributed by atoms with Gasteiger partial charge in [-0.25, -0.2) is 4.98 Å². The number of ether oxygens (including phenoxy) is 1. The minimum atomic E-state index is -0.109. The summed E-state index contributed by atoms with van der Waals surface area (Å²) in [4.78, 5) is 28.7. The van der Waals surface area contributed by atoms with Crippen LogP contribution in [0.1, 0.15) is 11.9 Å². The van der Waals surface area contributed by atoms with Crippen LogP contribution < -0.4 is 5.32 Å². The zero-order valence-electron chi connectivity index (χ0n) is 12.7. The molecule has 22 heavy (non-hydrogen) atoms. The molecule has 0 fully saturated rings. The molecule has 0 spiro atoms. The van der Waals surface area contributed by atoms with Gasteiger partial charge in [-0.3, -0.25) is 9.59 Å². The molecule has 2 aromatic rings. The molecule has 0 atom stereocenters. The molecule has 1 aromatic carbocycles. The lowest BCUT2D eigenvalue weighted by molar-refractivity contribution is -0.135. The van der Waals surface area contributed by atoms with E-state index in [9.17, 15) is 9.59 Å². The highest BCUT2D eigenvalue weighted by Gasteiger charge is 2.12. The summed E-state index contributed by atoms with van der Waals surface area (Å²) in [5.41, 5.74) is 0.954. The lowest BCUT2D eigenvalue weighted by atomic mass is 10.3. The van der Waals surface area contributed by atoms with Gasteiger partial charge in [-0.05, 0) is 12.1 Å². The monoisotopic (exact) mass is 321 g/mol. The molecule has 0 aliphatic rings. The number of hydrogen-bond donors (Lipinski definition) is 1. The molecular weight excluding hydrogens is 302 g/mol. The molecule has 0 saturated carbocycles. The van der Waals surface area contributed by atoms with Gasteiger partial charge in [0.05, 0.1) is 23.4 Å². The highest BCUT2D eigenvalue weighted by molar-refractivity contribution is 7.18. The largest absolute Gasteiger partial charge is 0.370 e. The second-order valence-electron chi connectivity index (χ2n) is 4.86. The normalized spacial score (nSPS) is 10.6. The minimum absolute atomic E-state index is 0.000972. The first kappa shape index (κ1) is 16.4. The van der Waals surface area contributed by atoms with Crippen LogP contribution in [0, 0.1) is 0 Å². The number of likely N-dealkylation sites (N-methyl/N-ethyl adjacent to an activating group) is 1. The van der Waals surface area contributed by atoms with Crippen molar-refractivity contribution >= 4 is 33.4 Å². The van der Waals surface area contributed by atoms with E-state index in [4.69, 9.17) is 4.74 Å². The molecule has 0 bridgehead atoms. The van der Waals surface area contributed by atoms with Gasteiger partial charge in [-0.2, -0.15) is 0 Å². The van der Waals surface area contributed by atoms with Crippen LogP contribution in [0.4, 0.5) is 0 Å². The number of nitrogens with one attached hydrogen (secondary N) is 1. The Morgan fingerprint density at radius 1 is 1.36 bits per heavy atom. The highest BCUT2D eigenvalue weighted by atomic mass is 32.1. The maximum atomic E-state index is 12.0. The molecule has 7 heteroatoms. The fourth-order valence-corrected chi connectivity index (χ4v) is 2.87. The summed E-state index contributed by atoms with van der Waals surface area (Å²) in [6.07, 6.45) is 0. The number of nitrogens with zero attached hydrogens (tertiary/aromatic N) is 2. The summed E-state index contributed by atoms with van der Waals surface area (Å²) in [7, 11) is 1.73. The third-order valence-corrected chi connectivity index (χ3v) is 4.00. The van der Waals surface area contributed by atoms with Crippen molar-refractivity contribution in [3.8, 4) is 0 Å². The van der Waals surface area contributed by atoms with Crippen LogP contribution in [0.15, 0.2) is 24.3 Å². The summed E-state index contributed by atoms with van der Waals surface area (Å²) in [6.45, 7) is 2.63. The predicted molar refractivity (Wildman–Crippen MR) is 85.6 cm³/mol. The maximum absolute atomic E-state index is 12.0. The van der Waals surface area contributed by atoms with E-state index in [2.05, 4.69) is 10.3 Å². The standard InChI is InChI=1S/C15H19N3O3S/c1-11(19)16-7-8-21-10-15(20)18(2)9-14-17-12-5-3-4-6-13(12)22-14/h3-6H,7-10H2,1-2H3,(H,16,19). The molecule has 0 saturated heterocycles. The number of fused-ring (bicyclic) bond motifs is 1. The number of aromatic nitrogens is 1. The second-order valence-corrected chi connectivity index (χ2v) is 5.98. The van der Waals surface area contributed by atoms with Gasteiger partial charge in [0.1, 0.15) is 11.6 Å². The lowest BCUT2D eigenvalue weighted by Gasteiger charge is -2.15. The Balaban J connectivity index is 1.77. The SMILES string of the molecule is CC(=O)NCCOCC(=O)N(C)Cc1nc2ccccc2s1. The number of carbonyl (C=O) groups excluding carboxylic acids is 2. The van der Waals surface area contributed by atoms with E-state index < -0.39 is 0 Å². The van der Waals surface area contributed by atoms with Crippen LogP contribution in [-0.4, -0.2) is 48.5 Å². The van der Waals surface area contributed by atoms with Crippen LogP contribution in [0.3, 0.4) is 0 Å². The fourth-order valence-electron chi connectivity index (χ4n) is 1.85. The second kappa shape index (κ2) is 7.86. The van der Waals surface area contributed by atoms with Crippen LogP contribution in [-0.2, 0) is 20.9 Å². The Kier molecular flexibility index (Phi) is 5.85. The number of hydrogen-bond acceptors (Lipinski definition) is 5. The van der Waals surface area contributed by atoms with E-state index in [1.54, 1.807) is 23.3 Å². The molecule has 6 nitrogen and oxygen atoms in total. The molecule has 0 radical (unpaired) electrons. The molecule has 1 heterocycles. The van der Waals surface area contributed by atoms with Crippen LogP contribution >= 0.6 is 11.3 Å². The minimum Gasteiger partial charge on any atom is -0.370 e. The molecule has 0 unspecified atom stereocenters. The Hall–Kier alpha value is -1.99. The Bertz CT molecular complexity index is 623. The number of thiazole rings is 1. The van der Waals surface area contributed by atoms with Crippen molar-refractivity contribution in [3.63, 3.8) is 0 Å². The molecule has 0 aliphatic heterocycles. The summed E-state index contributed by atoms with van der Waals surface area (Å²) in [6, 6.07) is 7.90. The van der Waals surface area contributed by atoms with Gasteiger partial charge in [0.15, 0.2) is 0 Å². The topological polar surface area (TPSA) is 71.5 Å². The van der Waals surface area contributed by atoms with Gasteiger partial charge in [0.2, 0.25) is 11.8 Å². The number of benzene rings is 1. The molecule has 2 rings (SSSR count). The quantitative estimate of drug-likeness (QED) is 0.783. The molecule has 2 amide bonds. The third kappa shape index (κ3) is 4.78. The summed E-state index contributed by atoms with van der Waals surface area (Å²) < 4.78 is 6.36. The average molecular weight is 321 g/mol. The smallest absolute Gasteiger partial charge is 0.248 e. The zero-order chi connectivity index (χ0) is 15.9. The predicted octanol–water partition coefficient (Wildman–Crippen LogP) is 1.41. The van der Waals surface area contributed by atoms with Gasteiger partial charge in [0.25, 0.3) is 0 Å². The molecule has 1 aromatic heterocycles. The first-order valence-corrected chi connectivity index (χ1v) is 7.78. The van der Waals surface area contributed by atoms with E-state index in [0.29, 0.717) is 19.7 Å². The Labute approximate surface area is 133 Å². The van der Waals surface area contributed by atoms with Crippen molar-refractivity contribution in [2.45, 2.75) is 13.5 Å². The van der Waals surface area contributed by atoms with Gasteiger partial charge in [-0.1, -0.05) is 12.1 Å². The number of para-hydroxylation sites is 1. The van der Waals surface area contributed by atoms with Gasteiger partial charge >= 0.3 is 0 Å². The van der Waals surface area contributed by atoms with Crippen LogP contribution in [0.25, 0.3) is 10.2 Å². The molecule has 118 valence electrons. The fraction of sp³-hybridized carbons (Fsp3) is 0.400. The van der Waals surface area contributed by atoms with E-state index in [-0.39, 0.29) is 18.4 Å². The lowest BCUT2D eigenvalue weighted by Crippen LogP contribution is -2.31. The van der Waals surface area contributed by atoms with Crippen molar-refractivity contribution in [1.82, 2.24) is 15.2 Å². The first-order chi connectivity index (χ1) is 10.6. The first-order valence-electron chi connectivity index (χ1n) is 6.97. The summed E-state index contributed by atoms with van der Waals surface area (Å²) in [5, 5.41) is 3.50. The van der Waals surface area contributed by atoms with E-state index in [0.717, 1.165) is 15.2 Å². The summed E-state index contributed by atoms with van der Waals surface area (Å²) in [5.74, 6) is -0.218. The number of carbonyl (C=O) groups is 2. The van der Waals surface area contributed by atoms with E-state index in [1.165, 1.54) is 6.92 Å². The van der Waals surface area contributed by atoms with E-state index in [1.807, 2.05) is 24.3 Å². The van der Waals surface area contributed by atoms with Gasteiger partial charge in [-0.15, -0.1) is 11.3 Å². The van der Waals surface area contributed by atoms with Crippen LogP contribution in [0.5, 0.6) is 0 Å². The van der Waals surface area contributed by atoms with Gasteiger partial charge in [0, 0.05) is 20.5 Å².